The Balaban J connectivity index is 2.11. The Hall–Kier alpha value is -2.82. The Bertz CT molecular complexity index is 808. The molecule has 106 valence electrons. The van der Waals surface area contributed by atoms with E-state index in [1.165, 1.54) is 0 Å². The summed E-state index contributed by atoms with van der Waals surface area (Å²) in [6.45, 7) is 0.505. The van der Waals surface area contributed by atoms with E-state index in [1.54, 1.807) is 25.4 Å². The molecule has 21 heavy (non-hydrogen) atoms. The highest BCUT2D eigenvalue weighted by Crippen LogP contribution is 2.23. The summed E-state index contributed by atoms with van der Waals surface area (Å²) in [5.41, 5.74) is 1.90. The first kappa shape index (κ1) is 13.2. The molecule has 0 saturated heterocycles. The minimum absolute atomic E-state index is 0.292. The lowest BCUT2D eigenvalue weighted by atomic mass is 10.1. The van der Waals surface area contributed by atoms with E-state index in [1.807, 2.05) is 35.0 Å². The fraction of sp³-hybridized carbons (Fsp3) is 0.125. The Labute approximate surface area is 121 Å². The van der Waals surface area contributed by atoms with E-state index < -0.39 is 5.97 Å². The van der Waals surface area contributed by atoms with Crippen LogP contribution < -0.4 is 4.74 Å². The highest BCUT2D eigenvalue weighted by Gasteiger charge is 2.13. The summed E-state index contributed by atoms with van der Waals surface area (Å²) in [6.07, 6.45) is 3.54. The molecule has 0 unspecified atom stereocenters. The summed E-state index contributed by atoms with van der Waals surface area (Å²) >= 11 is 0. The molecule has 0 radical (unpaired) electrons. The lowest BCUT2D eigenvalue weighted by Crippen LogP contribution is -2.05. The molecule has 0 aliphatic rings. The van der Waals surface area contributed by atoms with Gasteiger partial charge in [0.1, 0.15) is 0 Å². The SMILES string of the molecule is COc1ncccc1Cn1ccc2cccc(C(=O)O)c21. The number of carboxylic acids is 1. The van der Waals surface area contributed by atoms with Crippen molar-refractivity contribution in [3.05, 3.63) is 59.9 Å². The molecule has 1 aromatic carbocycles. The molecule has 3 aromatic rings. The molecule has 0 spiro atoms. The Morgan fingerprint density at radius 3 is 2.90 bits per heavy atom. The Morgan fingerprint density at radius 1 is 1.29 bits per heavy atom. The average Bonchev–Trinajstić information content (AvgIpc) is 2.91. The minimum Gasteiger partial charge on any atom is -0.481 e. The van der Waals surface area contributed by atoms with Gasteiger partial charge in [0, 0.05) is 23.3 Å². The molecule has 0 aliphatic heterocycles. The number of hydrogen-bond donors (Lipinski definition) is 1. The molecule has 2 aromatic heterocycles. The number of para-hydroxylation sites is 1. The van der Waals surface area contributed by atoms with E-state index in [0.717, 1.165) is 10.9 Å². The van der Waals surface area contributed by atoms with E-state index in [9.17, 15) is 9.90 Å². The number of benzene rings is 1. The van der Waals surface area contributed by atoms with Crippen LogP contribution in [0.3, 0.4) is 0 Å². The number of carboxylic acid groups (broad SMARTS) is 1. The lowest BCUT2D eigenvalue weighted by Gasteiger charge is -2.10. The van der Waals surface area contributed by atoms with Crippen molar-refractivity contribution in [2.45, 2.75) is 6.54 Å². The van der Waals surface area contributed by atoms with Crippen LogP contribution in [0.1, 0.15) is 15.9 Å². The van der Waals surface area contributed by atoms with Crippen LogP contribution in [0.4, 0.5) is 0 Å². The van der Waals surface area contributed by atoms with Gasteiger partial charge in [-0.3, -0.25) is 0 Å². The maximum atomic E-state index is 11.4. The van der Waals surface area contributed by atoms with Gasteiger partial charge in [-0.1, -0.05) is 18.2 Å². The molecule has 1 N–H and O–H groups in total. The predicted octanol–water partition coefficient (Wildman–Crippen LogP) is 2.79. The molecule has 0 amide bonds. The highest BCUT2D eigenvalue weighted by atomic mass is 16.5. The van der Waals surface area contributed by atoms with Gasteiger partial charge in [-0.25, -0.2) is 9.78 Å². The van der Waals surface area contributed by atoms with Gasteiger partial charge in [0.05, 0.1) is 24.7 Å². The Morgan fingerprint density at radius 2 is 2.14 bits per heavy atom. The van der Waals surface area contributed by atoms with Crippen LogP contribution in [0.15, 0.2) is 48.8 Å². The fourth-order valence-electron chi connectivity index (χ4n) is 2.48. The van der Waals surface area contributed by atoms with Gasteiger partial charge in [-0.15, -0.1) is 0 Å². The van der Waals surface area contributed by atoms with Gasteiger partial charge < -0.3 is 14.4 Å². The third kappa shape index (κ3) is 2.33. The number of pyridine rings is 1. The van der Waals surface area contributed by atoms with Crippen LogP contribution in [0.2, 0.25) is 0 Å². The third-order valence-corrected chi connectivity index (χ3v) is 3.40. The molecule has 0 saturated carbocycles. The second kappa shape index (κ2) is 5.28. The molecule has 0 bridgehead atoms. The molecule has 0 atom stereocenters. The number of aromatic nitrogens is 2. The number of rotatable bonds is 4. The van der Waals surface area contributed by atoms with Gasteiger partial charge >= 0.3 is 5.97 Å². The highest BCUT2D eigenvalue weighted by molar-refractivity contribution is 6.02. The number of aromatic carboxylic acids is 1. The van der Waals surface area contributed by atoms with Crippen molar-refractivity contribution >= 4 is 16.9 Å². The van der Waals surface area contributed by atoms with Crippen molar-refractivity contribution in [2.75, 3.05) is 7.11 Å². The van der Waals surface area contributed by atoms with Crippen LogP contribution >= 0.6 is 0 Å². The van der Waals surface area contributed by atoms with Gasteiger partial charge in [0.25, 0.3) is 0 Å². The van der Waals surface area contributed by atoms with Crippen LogP contribution in [0, 0.1) is 0 Å². The summed E-state index contributed by atoms with van der Waals surface area (Å²) in [5, 5.41) is 10.2. The first-order valence-electron chi connectivity index (χ1n) is 6.49. The predicted molar refractivity (Wildman–Crippen MR) is 78.8 cm³/mol. The average molecular weight is 282 g/mol. The second-order valence-corrected chi connectivity index (χ2v) is 4.66. The van der Waals surface area contributed by atoms with E-state index in [2.05, 4.69) is 4.98 Å². The fourth-order valence-corrected chi connectivity index (χ4v) is 2.48. The number of methoxy groups -OCH3 is 1. The Kier molecular flexibility index (Phi) is 3.31. The van der Waals surface area contributed by atoms with Crippen molar-refractivity contribution in [3.63, 3.8) is 0 Å². The molecule has 3 rings (SSSR count). The monoisotopic (exact) mass is 282 g/mol. The topological polar surface area (TPSA) is 64.4 Å². The van der Waals surface area contributed by atoms with Crippen molar-refractivity contribution < 1.29 is 14.6 Å². The zero-order valence-electron chi connectivity index (χ0n) is 11.5. The van der Waals surface area contributed by atoms with Crippen LogP contribution in [-0.2, 0) is 6.54 Å². The molecular formula is C16H14N2O3. The summed E-state index contributed by atoms with van der Waals surface area (Å²) in [6, 6.07) is 10.9. The molecular weight excluding hydrogens is 268 g/mol. The second-order valence-electron chi connectivity index (χ2n) is 4.66. The zero-order chi connectivity index (χ0) is 14.8. The standard InChI is InChI=1S/C16H14N2O3/c1-21-15-12(5-3-8-17-15)10-18-9-7-11-4-2-6-13(14(11)18)16(19)20/h2-9H,10H2,1H3,(H,19,20). The van der Waals surface area contributed by atoms with E-state index in [-0.39, 0.29) is 0 Å². The van der Waals surface area contributed by atoms with Crippen molar-refractivity contribution in [1.29, 1.82) is 0 Å². The van der Waals surface area contributed by atoms with Gasteiger partial charge in [0.15, 0.2) is 0 Å². The molecule has 5 nitrogen and oxygen atoms in total. The first-order chi connectivity index (χ1) is 10.2. The molecule has 0 aliphatic carbocycles. The molecule has 5 heteroatoms. The van der Waals surface area contributed by atoms with Gasteiger partial charge in [0.2, 0.25) is 5.88 Å². The maximum absolute atomic E-state index is 11.4. The zero-order valence-corrected chi connectivity index (χ0v) is 11.5. The number of fused-ring (bicyclic) bond motifs is 1. The minimum atomic E-state index is -0.932. The largest absolute Gasteiger partial charge is 0.481 e. The van der Waals surface area contributed by atoms with Crippen LogP contribution in [-0.4, -0.2) is 27.7 Å². The van der Waals surface area contributed by atoms with E-state index in [0.29, 0.717) is 23.5 Å². The van der Waals surface area contributed by atoms with Gasteiger partial charge in [-0.2, -0.15) is 0 Å². The normalized spacial score (nSPS) is 10.7. The molecule has 0 fully saturated rings. The van der Waals surface area contributed by atoms with E-state index >= 15 is 0 Å². The number of carbonyl (C=O) groups is 1. The summed E-state index contributed by atoms with van der Waals surface area (Å²) in [5.74, 6) is -0.383. The first-order valence-corrected chi connectivity index (χ1v) is 6.49. The van der Waals surface area contributed by atoms with Crippen molar-refractivity contribution in [1.82, 2.24) is 9.55 Å². The number of hydrogen-bond acceptors (Lipinski definition) is 3. The van der Waals surface area contributed by atoms with Crippen LogP contribution in [0.5, 0.6) is 5.88 Å². The summed E-state index contributed by atoms with van der Waals surface area (Å²) in [7, 11) is 1.57. The lowest BCUT2D eigenvalue weighted by molar-refractivity contribution is 0.0698. The number of ether oxygens (including phenoxy) is 1. The quantitative estimate of drug-likeness (QED) is 0.799. The smallest absolute Gasteiger partial charge is 0.337 e. The van der Waals surface area contributed by atoms with Crippen LogP contribution in [0.25, 0.3) is 10.9 Å². The molecule has 2 heterocycles. The summed E-state index contributed by atoms with van der Waals surface area (Å²) in [4.78, 5) is 15.6. The van der Waals surface area contributed by atoms with Crippen molar-refractivity contribution in [3.8, 4) is 5.88 Å². The third-order valence-electron chi connectivity index (χ3n) is 3.40. The maximum Gasteiger partial charge on any atom is 0.337 e. The summed E-state index contributed by atoms with van der Waals surface area (Å²) < 4.78 is 7.14. The van der Waals surface area contributed by atoms with Gasteiger partial charge in [-0.05, 0) is 18.2 Å². The van der Waals surface area contributed by atoms with Crippen molar-refractivity contribution in [2.24, 2.45) is 0 Å². The number of nitrogens with zero attached hydrogens (tertiary/aromatic N) is 2. The van der Waals surface area contributed by atoms with E-state index in [4.69, 9.17) is 4.74 Å².